The molecule has 3 rings (SSSR count). The van der Waals surface area contributed by atoms with Crippen molar-refractivity contribution in [3.8, 4) is 17.1 Å². The van der Waals surface area contributed by atoms with Crippen molar-refractivity contribution in [2.24, 2.45) is 0 Å². The topological polar surface area (TPSA) is 79.9 Å². The highest BCUT2D eigenvalue weighted by molar-refractivity contribution is 6.03. The zero-order valence-electron chi connectivity index (χ0n) is 14.1. The lowest BCUT2D eigenvalue weighted by Crippen LogP contribution is -2.13. The van der Waals surface area contributed by atoms with Crippen LogP contribution >= 0.6 is 0 Å². The van der Waals surface area contributed by atoms with Crippen molar-refractivity contribution < 1.29 is 18.3 Å². The number of carbonyl (C=O) groups is 1. The van der Waals surface area contributed by atoms with E-state index in [1.54, 1.807) is 0 Å². The molecule has 1 amide bonds. The van der Waals surface area contributed by atoms with E-state index in [1.807, 2.05) is 32.0 Å². The minimum absolute atomic E-state index is 0.0217. The summed E-state index contributed by atoms with van der Waals surface area (Å²) in [4.78, 5) is 16.5. The van der Waals surface area contributed by atoms with E-state index in [9.17, 15) is 13.6 Å². The summed E-state index contributed by atoms with van der Waals surface area (Å²) in [6.45, 7) is 1.05. The smallest absolute Gasteiger partial charge is 0.387 e. The van der Waals surface area contributed by atoms with Crippen LogP contribution in [0.5, 0.6) is 5.75 Å². The van der Waals surface area contributed by atoms with Crippen LogP contribution in [0.15, 0.2) is 42.5 Å². The number of hydrogen-bond donors (Lipinski definition) is 2. The predicted octanol–water partition coefficient (Wildman–Crippen LogP) is 3.94. The van der Waals surface area contributed by atoms with E-state index in [0.717, 1.165) is 16.7 Å². The second-order valence-corrected chi connectivity index (χ2v) is 5.68. The first-order valence-electron chi connectivity index (χ1n) is 7.78. The summed E-state index contributed by atoms with van der Waals surface area (Å²) < 4.78 is 28.5. The van der Waals surface area contributed by atoms with E-state index in [4.69, 9.17) is 0 Å². The molecule has 0 aliphatic carbocycles. The van der Waals surface area contributed by atoms with Crippen LogP contribution < -0.4 is 10.1 Å². The summed E-state index contributed by atoms with van der Waals surface area (Å²) in [5, 5.41) is 9.34. The highest BCUT2D eigenvalue weighted by Crippen LogP contribution is 2.22. The molecule has 0 saturated carbocycles. The number of nitrogens with zero attached hydrogens (tertiary/aromatic N) is 2. The van der Waals surface area contributed by atoms with E-state index >= 15 is 0 Å². The Kier molecular flexibility index (Phi) is 4.92. The number of alkyl halides is 2. The van der Waals surface area contributed by atoms with Crippen molar-refractivity contribution in [3.63, 3.8) is 0 Å². The van der Waals surface area contributed by atoms with E-state index < -0.39 is 12.5 Å². The van der Waals surface area contributed by atoms with Gasteiger partial charge in [0.15, 0.2) is 5.82 Å². The fourth-order valence-corrected chi connectivity index (χ4v) is 2.48. The van der Waals surface area contributed by atoms with Gasteiger partial charge in [0, 0.05) is 11.1 Å². The van der Waals surface area contributed by atoms with Gasteiger partial charge in [-0.2, -0.15) is 13.8 Å². The lowest BCUT2D eigenvalue weighted by molar-refractivity contribution is -0.0498. The molecule has 1 heterocycles. The van der Waals surface area contributed by atoms with Crippen LogP contribution in [-0.2, 0) is 0 Å². The molecule has 8 heteroatoms. The molecule has 0 aliphatic rings. The summed E-state index contributed by atoms with van der Waals surface area (Å²) in [7, 11) is 0. The third-order valence-corrected chi connectivity index (χ3v) is 3.69. The Hall–Kier alpha value is -3.29. The van der Waals surface area contributed by atoms with Crippen LogP contribution in [-0.4, -0.2) is 27.7 Å². The maximum atomic E-state index is 12.2. The normalized spacial score (nSPS) is 10.8. The van der Waals surface area contributed by atoms with Crippen LogP contribution in [0.3, 0.4) is 0 Å². The van der Waals surface area contributed by atoms with Gasteiger partial charge in [0.25, 0.3) is 5.91 Å². The number of aromatic nitrogens is 3. The number of aryl methyl sites for hydroxylation is 2. The first kappa shape index (κ1) is 17.5. The van der Waals surface area contributed by atoms with Crippen LogP contribution in [0.1, 0.15) is 21.5 Å². The monoisotopic (exact) mass is 358 g/mol. The molecule has 134 valence electrons. The zero-order valence-corrected chi connectivity index (χ0v) is 14.1. The molecule has 26 heavy (non-hydrogen) atoms. The Morgan fingerprint density at radius 1 is 1.15 bits per heavy atom. The molecular weight excluding hydrogens is 342 g/mol. The van der Waals surface area contributed by atoms with Crippen LogP contribution in [0, 0.1) is 13.8 Å². The van der Waals surface area contributed by atoms with E-state index in [2.05, 4.69) is 25.2 Å². The minimum atomic E-state index is -2.91. The fourth-order valence-electron chi connectivity index (χ4n) is 2.48. The number of nitrogens with one attached hydrogen (secondary N) is 2. The number of carbonyl (C=O) groups excluding carboxylic acids is 1. The molecule has 0 radical (unpaired) electrons. The van der Waals surface area contributed by atoms with E-state index in [-0.39, 0.29) is 17.3 Å². The lowest BCUT2D eigenvalue weighted by Gasteiger charge is -2.05. The van der Waals surface area contributed by atoms with Crippen molar-refractivity contribution in [2.45, 2.75) is 20.5 Å². The second-order valence-electron chi connectivity index (χ2n) is 5.68. The second kappa shape index (κ2) is 7.30. The highest BCUT2D eigenvalue weighted by atomic mass is 19.3. The third-order valence-electron chi connectivity index (χ3n) is 3.69. The minimum Gasteiger partial charge on any atom is -0.435 e. The predicted molar refractivity (Wildman–Crippen MR) is 92.3 cm³/mol. The molecule has 0 saturated heterocycles. The van der Waals surface area contributed by atoms with Crippen molar-refractivity contribution in [3.05, 3.63) is 59.2 Å². The summed E-state index contributed by atoms with van der Waals surface area (Å²) in [5.41, 5.74) is 3.33. The number of amides is 1. The molecule has 2 aromatic carbocycles. The molecule has 0 unspecified atom stereocenters. The van der Waals surface area contributed by atoms with Crippen molar-refractivity contribution in [1.82, 2.24) is 15.2 Å². The van der Waals surface area contributed by atoms with Gasteiger partial charge in [-0.3, -0.25) is 15.2 Å². The SMILES string of the molecule is Cc1ccc(-c2nc(NC(=O)c3ccc(OC(F)F)cc3)n[nH]2)c(C)c1. The van der Waals surface area contributed by atoms with Crippen LogP contribution in [0.2, 0.25) is 0 Å². The van der Waals surface area contributed by atoms with Crippen molar-refractivity contribution in [2.75, 3.05) is 5.32 Å². The molecule has 0 aliphatic heterocycles. The Morgan fingerprint density at radius 2 is 1.88 bits per heavy atom. The Bertz CT molecular complexity index is 923. The number of anilines is 1. The van der Waals surface area contributed by atoms with Gasteiger partial charge in [-0.05, 0) is 43.7 Å². The first-order valence-corrected chi connectivity index (χ1v) is 7.78. The number of hydrogen-bond acceptors (Lipinski definition) is 4. The van der Waals surface area contributed by atoms with Gasteiger partial charge in [-0.1, -0.05) is 23.8 Å². The largest absolute Gasteiger partial charge is 0.435 e. The van der Waals surface area contributed by atoms with Gasteiger partial charge in [-0.15, -0.1) is 5.10 Å². The maximum Gasteiger partial charge on any atom is 0.387 e. The quantitative estimate of drug-likeness (QED) is 0.724. The highest BCUT2D eigenvalue weighted by Gasteiger charge is 2.13. The maximum absolute atomic E-state index is 12.2. The third kappa shape index (κ3) is 4.02. The van der Waals surface area contributed by atoms with Gasteiger partial charge in [0.05, 0.1) is 0 Å². The average Bonchev–Trinajstić information content (AvgIpc) is 3.03. The molecule has 6 nitrogen and oxygen atoms in total. The van der Waals surface area contributed by atoms with Gasteiger partial charge in [0.1, 0.15) is 5.75 Å². The van der Waals surface area contributed by atoms with Crippen LogP contribution in [0.25, 0.3) is 11.4 Å². The molecule has 0 fully saturated rings. The summed E-state index contributed by atoms with van der Waals surface area (Å²) in [5.74, 6) is 0.183. The molecule has 0 atom stereocenters. The first-order chi connectivity index (χ1) is 12.4. The number of benzene rings is 2. The number of H-pyrrole nitrogens is 1. The number of rotatable bonds is 5. The molecule has 2 N–H and O–H groups in total. The van der Waals surface area contributed by atoms with Gasteiger partial charge < -0.3 is 4.74 Å². The zero-order chi connectivity index (χ0) is 18.7. The van der Waals surface area contributed by atoms with E-state index in [0.29, 0.717) is 5.82 Å². The average molecular weight is 358 g/mol. The van der Waals surface area contributed by atoms with Gasteiger partial charge in [0.2, 0.25) is 5.95 Å². The Labute approximate surface area is 148 Å². The standard InChI is InChI=1S/C18H16F2N4O2/c1-10-3-8-14(11(2)9-10)15-21-18(24-23-15)22-16(25)12-4-6-13(7-5-12)26-17(19)20/h3-9,17H,1-2H3,(H2,21,22,23,24,25). The van der Waals surface area contributed by atoms with Crippen molar-refractivity contribution in [1.29, 1.82) is 0 Å². The molecule has 0 spiro atoms. The molecular formula is C18H16F2N4O2. The lowest BCUT2D eigenvalue weighted by atomic mass is 10.1. The molecule has 3 aromatic rings. The molecule has 1 aromatic heterocycles. The van der Waals surface area contributed by atoms with Crippen LogP contribution in [0.4, 0.5) is 14.7 Å². The Morgan fingerprint density at radius 3 is 2.54 bits per heavy atom. The summed E-state index contributed by atoms with van der Waals surface area (Å²) in [6, 6.07) is 11.3. The summed E-state index contributed by atoms with van der Waals surface area (Å²) in [6.07, 6.45) is 0. The van der Waals surface area contributed by atoms with Gasteiger partial charge >= 0.3 is 6.61 Å². The van der Waals surface area contributed by atoms with Crippen molar-refractivity contribution >= 4 is 11.9 Å². The van der Waals surface area contributed by atoms with E-state index in [1.165, 1.54) is 24.3 Å². The fraction of sp³-hybridized carbons (Fsp3) is 0.167. The Balaban J connectivity index is 1.71. The number of aromatic amines is 1. The van der Waals surface area contributed by atoms with Gasteiger partial charge in [-0.25, -0.2) is 0 Å². The summed E-state index contributed by atoms with van der Waals surface area (Å²) >= 11 is 0. The molecule has 0 bridgehead atoms. The number of ether oxygens (including phenoxy) is 1. The number of halogens is 2.